The van der Waals surface area contributed by atoms with Gasteiger partial charge in [-0.3, -0.25) is 4.79 Å². The van der Waals surface area contributed by atoms with E-state index < -0.39 is 16.0 Å². The summed E-state index contributed by atoms with van der Waals surface area (Å²) in [6.45, 7) is 3.20. The maximum Gasteiger partial charge on any atom is 0.335 e. The predicted molar refractivity (Wildman–Crippen MR) is 95.4 cm³/mol. The van der Waals surface area contributed by atoms with Crippen LogP contribution >= 0.6 is 0 Å². The van der Waals surface area contributed by atoms with Gasteiger partial charge < -0.3 is 10.0 Å². The summed E-state index contributed by atoms with van der Waals surface area (Å²) >= 11 is 0. The number of carboxylic acid groups (broad SMARTS) is 1. The van der Waals surface area contributed by atoms with Crippen LogP contribution in [0.15, 0.2) is 23.1 Å². The minimum Gasteiger partial charge on any atom is -0.478 e. The molecule has 3 rings (SSSR count). The second kappa shape index (κ2) is 7.36. The molecule has 0 bridgehead atoms. The first kappa shape index (κ1) is 18.8. The monoisotopic (exact) mass is 380 g/mol. The molecule has 8 heteroatoms. The third-order valence-electron chi connectivity index (χ3n) is 5.04. The number of carboxylic acids is 1. The smallest absolute Gasteiger partial charge is 0.335 e. The standard InChI is InChI=1S/C18H24N2O5S/c1-12-4-5-15(18(22)23)9-16(12)26(24,25)19-10-13-3-2-8-20(11-13)17(21)14-6-7-14/h4-5,9,13-14,19H,2-3,6-8,10-11H2,1H3,(H,22,23). The summed E-state index contributed by atoms with van der Waals surface area (Å²) < 4.78 is 27.8. The first-order valence-corrected chi connectivity index (χ1v) is 10.4. The molecule has 1 unspecified atom stereocenters. The van der Waals surface area contributed by atoms with Crippen LogP contribution in [-0.2, 0) is 14.8 Å². The van der Waals surface area contributed by atoms with Crippen molar-refractivity contribution in [1.82, 2.24) is 9.62 Å². The fourth-order valence-corrected chi connectivity index (χ4v) is 4.73. The van der Waals surface area contributed by atoms with Crippen molar-refractivity contribution in [3.63, 3.8) is 0 Å². The highest BCUT2D eigenvalue weighted by atomic mass is 32.2. The molecule has 1 amide bonds. The number of piperidine rings is 1. The molecular formula is C18H24N2O5S. The fraction of sp³-hybridized carbons (Fsp3) is 0.556. The van der Waals surface area contributed by atoms with Gasteiger partial charge in [0.25, 0.3) is 0 Å². The Kier molecular flexibility index (Phi) is 5.34. The summed E-state index contributed by atoms with van der Waals surface area (Å²) in [7, 11) is -3.80. The van der Waals surface area contributed by atoms with Crippen molar-refractivity contribution in [1.29, 1.82) is 0 Å². The van der Waals surface area contributed by atoms with E-state index >= 15 is 0 Å². The number of nitrogens with one attached hydrogen (secondary N) is 1. The number of carbonyl (C=O) groups is 2. The van der Waals surface area contributed by atoms with Gasteiger partial charge in [0.1, 0.15) is 0 Å². The van der Waals surface area contributed by atoms with Gasteiger partial charge in [-0.1, -0.05) is 6.07 Å². The van der Waals surface area contributed by atoms with Crippen LogP contribution in [0.4, 0.5) is 0 Å². The molecule has 2 aliphatic rings. The lowest BCUT2D eigenvalue weighted by Gasteiger charge is -2.33. The van der Waals surface area contributed by atoms with Crippen LogP contribution in [0.25, 0.3) is 0 Å². The van der Waals surface area contributed by atoms with Crippen molar-refractivity contribution in [2.45, 2.75) is 37.5 Å². The van der Waals surface area contributed by atoms with Gasteiger partial charge in [0, 0.05) is 25.6 Å². The number of amides is 1. The first-order chi connectivity index (χ1) is 12.3. The number of nitrogens with zero attached hydrogens (tertiary/aromatic N) is 1. The molecular weight excluding hydrogens is 356 g/mol. The molecule has 0 spiro atoms. The molecule has 26 heavy (non-hydrogen) atoms. The summed E-state index contributed by atoms with van der Waals surface area (Å²) in [5, 5.41) is 9.08. The lowest BCUT2D eigenvalue weighted by Crippen LogP contribution is -2.44. The summed E-state index contributed by atoms with van der Waals surface area (Å²) in [5.74, 6) is -0.721. The molecule has 0 radical (unpaired) electrons. The van der Waals surface area contributed by atoms with Crippen molar-refractivity contribution in [2.24, 2.45) is 11.8 Å². The van der Waals surface area contributed by atoms with E-state index in [0.29, 0.717) is 12.1 Å². The lowest BCUT2D eigenvalue weighted by atomic mass is 9.98. The van der Waals surface area contributed by atoms with Gasteiger partial charge in [-0.2, -0.15) is 0 Å². The molecule has 7 nitrogen and oxygen atoms in total. The van der Waals surface area contributed by atoms with Gasteiger partial charge in [0.05, 0.1) is 10.5 Å². The third-order valence-corrected chi connectivity index (χ3v) is 6.61. The van der Waals surface area contributed by atoms with E-state index in [4.69, 9.17) is 5.11 Å². The van der Waals surface area contributed by atoms with Crippen LogP contribution in [0.2, 0.25) is 0 Å². The molecule has 2 fully saturated rings. The molecule has 1 aliphatic carbocycles. The predicted octanol–water partition coefficient (Wildman–Crippen LogP) is 1.62. The Morgan fingerprint density at radius 1 is 1.27 bits per heavy atom. The normalized spacial score (nSPS) is 20.8. The number of aryl methyl sites for hydroxylation is 1. The fourth-order valence-electron chi connectivity index (χ4n) is 3.35. The number of aromatic carboxylic acids is 1. The average molecular weight is 380 g/mol. The van der Waals surface area contributed by atoms with Gasteiger partial charge in [0.15, 0.2) is 0 Å². The highest BCUT2D eigenvalue weighted by Crippen LogP contribution is 2.32. The van der Waals surface area contributed by atoms with Crippen molar-refractivity contribution >= 4 is 21.9 Å². The molecule has 142 valence electrons. The number of likely N-dealkylation sites (tertiary alicyclic amines) is 1. The minimum atomic E-state index is -3.80. The zero-order chi connectivity index (χ0) is 18.9. The Balaban J connectivity index is 1.65. The van der Waals surface area contributed by atoms with Crippen molar-refractivity contribution < 1.29 is 23.1 Å². The SMILES string of the molecule is Cc1ccc(C(=O)O)cc1S(=O)(=O)NCC1CCCN(C(=O)C2CC2)C1. The topological polar surface area (TPSA) is 104 Å². The van der Waals surface area contributed by atoms with Gasteiger partial charge in [0.2, 0.25) is 15.9 Å². The molecule has 1 saturated carbocycles. The molecule has 2 N–H and O–H groups in total. The van der Waals surface area contributed by atoms with Crippen LogP contribution in [0, 0.1) is 18.8 Å². The molecule has 0 aromatic heterocycles. The Hall–Kier alpha value is -1.93. The molecule has 1 saturated heterocycles. The second-order valence-electron chi connectivity index (χ2n) is 7.20. The Morgan fingerprint density at radius 2 is 2.00 bits per heavy atom. The Bertz CT molecular complexity index is 817. The molecule has 1 aromatic carbocycles. The number of hydrogen-bond acceptors (Lipinski definition) is 4. The van der Waals surface area contributed by atoms with Gasteiger partial charge in [-0.05, 0) is 56.2 Å². The highest BCUT2D eigenvalue weighted by Gasteiger charge is 2.35. The van der Waals surface area contributed by atoms with Crippen LogP contribution in [-0.4, -0.2) is 49.9 Å². The van der Waals surface area contributed by atoms with Crippen LogP contribution in [0.3, 0.4) is 0 Å². The Morgan fingerprint density at radius 3 is 2.65 bits per heavy atom. The Labute approximate surface area is 153 Å². The number of sulfonamides is 1. The van der Waals surface area contributed by atoms with Crippen molar-refractivity contribution in [3.05, 3.63) is 29.3 Å². The molecule has 1 aromatic rings. The molecule has 1 heterocycles. The van der Waals surface area contributed by atoms with Crippen LogP contribution in [0.1, 0.15) is 41.6 Å². The zero-order valence-corrected chi connectivity index (χ0v) is 15.6. The van der Waals surface area contributed by atoms with E-state index in [9.17, 15) is 18.0 Å². The molecule has 1 aliphatic heterocycles. The van der Waals surface area contributed by atoms with E-state index in [1.807, 2.05) is 4.90 Å². The van der Waals surface area contributed by atoms with E-state index in [1.54, 1.807) is 6.92 Å². The average Bonchev–Trinajstić information content (AvgIpc) is 3.45. The van der Waals surface area contributed by atoms with E-state index in [0.717, 1.165) is 32.2 Å². The molecule has 1 atom stereocenters. The zero-order valence-electron chi connectivity index (χ0n) is 14.8. The summed E-state index contributed by atoms with van der Waals surface area (Å²) in [6, 6.07) is 4.07. The number of carbonyl (C=O) groups excluding carboxylic acids is 1. The maximum atomic E-state index is 12.6. The summed E-state index contributed by atoms with van der Waals surface area (Å²) in [4.78, 5) is 25.2. The lowest BCUT2D eigenvalue weighted by molar-refractivity contribution is -0.134. The van der Waals surface area contributed by atoms with Crippen LogP contribution < -0.4 is 4.72 Å². The van der Waals surface area contributed by atoms with Crippen molar-refractivity contribution in [2.75, 3.05) is 19.6 Å². The quantitative estimate of drug-likeness (QED) is 0.780. The van der Waals surface area contributed by atoms with Gasteiger partial charge >= 0.3 is 5.97 Å². The van der Waals surface area contributed by atoms with Crippen LogP contribution in [0.5, 0.6) is 0 Å². The second-order valence-corrected chi connectivity index (χ2v) is 8.94. The number of benzene rings is 1. The maximum absolute atomic E-state index is 12.6. The minimum absolute atomic E-state index is 0.0147. The van der Waals surface area contributed by atoms with Gasteiger partial charge in [-0.15, -0.1) is 0 Å². The third kappa shape index (κ3) is 4.24. The van der Waals surface area contributed by atoms with E-state index in [-0.39, 0.29) is 34.7 Å². The number of hydrogen-bond donors (Lipinski definition) is 2. The van der Waals surface area contributed by atoms with Crippen molar-refractivity contribution in [3.8, 4) is 0 Å². The van der Waals surface area contributed by atoms with E-state index in [2.05, 4.69) is 4.72 Å². The number of rotatable bonds is 6. The first-order valence-electron chi connectivity index (χ1n) is 8.90. The summed E-state index contributed by atoms with van der Waals surface area (Å²) in [5.41, 5.74) is 0.437. The van der Waals surface area contributed by atoms with E-state index in [1.165, 1.54) is 18.2 Å². The summed E-state index contributed by atoms with van der Waals surface area (Å²) in [6.07, 6.45) is 3.67. The van der Waals surface area contributed by atoms with Gasteiger partial charge in [-0.25, -0.2) is 17.9 Å². The largest absolute Gasteiger partial charge is 0.478 e. The highest BCUT2D eigenvalue weighted by molar-refractivity contribution is 7.89.